The Balaban J connectivity index is 1.86. The Morgan fingerprint density at radius 2 is 1.87 bits per heavy atom. The van der Waals surface area contributed by atoms with Crippen molar-refractivity contribution in [3.8, 4) is 11.5 Å². The van der Waals surface area contributed by atoms with E-state index in [4.69, 9.17) is 14.2 Å². The van der Waals surface area contributed by atoms with Gasteiger partial charge in [-0.15, -0.1) is 0 Å². The molecule has 9 nitrogen and oxygen atoms in total. The van der Waals surface area contributed by atoms with Gasteiger partial charge in [0.25, 0.3) is 5.56 Å². The van der Waals surface area contributed by atoms with Crippen LogP contribution in [0.3, 0.4) is 0 Å². The van der Waals surface area contributed by atoms with Gasteiger partial charge in [0.05, 0.1) is 32.8 Å². The van der Waals surface area contributed by atoms with Crippen LogP contribution in [0.2, 0.25) is 0 Å². The van der Waals surface area contributed by atoms with Crippen LogP contribution in [0.5, 0.6) is 11.5 Å². The van der Waals surface area contributed by atoms with Crippen molar-refractivity contribution in [1.29, 1.82) is 0 Å². The molecule has 0 unspecified atom stereocenters. The monoisotopic (exact) mass is 425 g/mol. The summed E-state index contributed by atoms with van der Waals surface area (Å²) in [4.78, 5) is 44.6. The van der Waals surface area contributed by atoms with E-state index in [1.807, 2.05) is 12.1 Å². The van der Waals surface area contributed by atoms with E-state index in [1.54, 1.807) is 20.3 Å². The van der Waals surface area contributed by atoms with Crippen molar-refractivity contribution in [3.63, 3.8) is 0 Å². The van der Waals surface area contributed by atoms with Crippen LogP contribution in [0.25, 0.3) is 11.0 Å². The van der Waals surface area contributed by atoms with Gasteiger partial charge in [-0.25, -0.2) is 9.78 Å². The topological polar surface area (TPSA) is 113 Å². The Labute approximate surface area is 177 Å². The number of aromatic amines is 1. The summed E-state index contributed by atoms with van der Waals surface area (Å²) in [7, 11) is 4.65. The highest BCUT2D eigenvalue weighted by Gasteiger charge is 2.30. The number of fused-ring (bicyclic) bond motifs is 3. The number of methoxy groups -OCH3 is 3. The third kappa shape index (κ3) is 3.61. The Kier molecular flexibility index (Phi) is 5.60. The third-order valence-corrected chi connectivity index (χ3v) is 5.70. The van der Waals surface area contributed by atoms with Crippen molar-refractivity contribution in [2.24, 2.45) is 0 Å². The molecule has 1 aliphatic rings. The van der Waals surface area contributed by atoms with Gasteiger partial charge >= 0.3 is 5.69 Å². The van der Waals surface area contributed by atoms with E-state index in [0.29, 0.717) is 29.0 Å². The number of nitrogens with zero attached hydrogens (tertiary/aromatic N) is 2. The van der Waals surface area contributed by atoms with Crippen molar-refractivity contribution >= 4 is 16.8 Å². The fourth-order valence-corrected chi connectivity index (χ4v) is 4.14. The first-order valence-corrected chi connectivity index (χ1v) is 9.87. The summed E-state index contributed by atoms with van der Waals surface area (Å²) in [5, 5.41) is 0.270. The molecule has 2 heterocycles. The molecule has 9 heteroatoms. The van der Waals surface area contributed by atoms with E-state index in [0.717, 1.165) is 5.56 Å². The molecule has 3 aromatic rings. The van der Waals surface area contributed by atoms with Crippen LogP contribution in [0.1, 0.15) is 33.8 Å². The minimum absolute atomic E-state index is 0.0931. The molecule has 0 fully saturated rings. The minimum Gasteiger partial charge on any atom is -0.493 e. The van der Waals surface area contributed by atoms with E-state index in [-0.39, 0.29) is 42.3 Å². The number of carbonyl (C=O) groups excluding carboxylic acids is 1. The highest BCUT2D eigenvalue weighted by atomic mass is 16.5. The largest absolute Gasteiger partial charge is 0.493 e. The summed E-state index contributed by atoms with van der Waals surface area (Å²) < 4.78 is 17.1. The molecule has 0 radical (unpaired) electrons. The van der Waals surface area contributed by atoms with Gasteiger partial charge in [-0.2, -0.15) is 0 Å². The number of nitrogens with one attached hydrogen (secondary N) is 1. The summed E-state index contributed by atoms with van der Waals surface area (Å²) in [6.07, 6.45) is 2.21. The van der Waals surface area contributed by atoms with Gasteiger partial charge < -0.3 is 14.2 Å². The zero-order valence-electron chi connectivity index (χ0n) is 17.6. The molecule has 1 aromatic carbocycles. The second kappa shape index (κ2) is 8.35. The first kappa shape index (κ1) is 20.8. The van der Waals surface area contributed by atoms with Gasteiger partial charge in [0.15, 0.2) is 17.3 Å². The maximum atomic E-state index is 12.9. The van der Waals surface area contributed by atoms with E-state index in [9.17, 15) is 14.4 Å². The average Bonchev–Trinajstić information content (AvgIpc) is 2.77. The number of carbonyl (C=O) groups is 1. The smallest absolute Gasteiger partial charge is 0.330 e. The van der Waals surface area contributed by atoms with Gasteiger partial charge in [0.1, 0.15) is 5.65 Å². The number of benzene rings is 1. The number of ether oxygens (including phenoxy) is 3. The number of H-pyrrole nitrogens is 1. The molecule has 0 saturated heterocycles. The zero-order chi connectivity index (χ0) is 22.1. The summed E-state index contributed by atoms with van der Waals surface area (Å²) in [5.74, 6) is 0.930. The van der Waals surface area contributed by atoms with Gasteiger partial charge in [0, 0.05) is 25.3 Å². The van der Waals surface area contributed by atoms with Crippen molar-refractivity contribution < 1.29 is 19.0 Å². The van der Waals surface area contributed by atoms with E-state index in [2.05, 4.69) is 9.97 Å². The van der Waals surface area contributed by atoms with Crippen molar-refractivity contribution in [2.45, 2.75) is 25.3 Å². The van der Waals surface area contributed by atoms with E-state index >= 15 is 0 Å². The predicted octanol–water partition coefficient (Wildman–Crippen LogP) is 1.66. The maximum Gasteiger partial charge on any atom is 0.330 e. The first-order valence-electron chi connectivity index (χ1n) is 9.87. The Bertz CT molecular complexity index is 1280. The highest BCUT2D eigenvalue weighted by Crippen LogP contribution is 2.38. The molecule has 0 aliphatic heterocycles. The predicted molar refractivity (Wildman–Crippen MR) is 113 cm³/mol. The molecule has 162 valence electrons. The molecule has 2 aromatic heterocycles. The molecule has 1 atom stereocenters. The molecule has 0 spiro atoms. The Morgan fingerprint density at radius 3 is 2.58 bits per heavy atom. The first-order chi connectivity index (χ1) is 15.0. The lowest BCUT2D eigenvalue weighted by atomic mass is 9.79. The molecule has 1 aliphatic carbocycles. The quantitative estimate of drug-likeness (QED) is 0.639. The van der Waals surface area contributed by atoms with Crippen LogP contribution >= 0.6 is 0 Å². The summed E-state index contributed by atoms with van der Waals surface area (Å²) in [6.45, 7) is 0.522. The molecule has 0 saturated carbocycles. The Hall–Kier alpha value is -3.46. The van der Waals surface area contributed by atoms with Crippen molar-refractivity contribution in [2.75, 3.05) is 27.9 Å². The van der Waals surface area contributed by atoms with Gasteiger partial charge in [-0.05, 0) is 35.6 Å². The highest BCUT2D eigenvalue weighted by molar-refractivity contribution is 6.02. The number of rotatable bonds is 6. The second-order valence-electron chi connectivity index (χ2n) is 7.40. The number of aromatic nitrogens is 3. The standard InChI is InChI=1S/C22H23N3O6/c1-29-7-6-25-20-19(21(27)24-22(25)28)14-8-13(9-16(26)15(14)11-23-20)12-4-5-17(30-2)18(10-12)31-3/h4-5,10-11,13H,6-9H2,1-3H3,(H,24,27,28)/t13-/m0/s1. The molecule has 1 N–H and O–H groups in total. The normalized spacial score (nSPS) is 15.7. The minimum atomic E-state index is -0.555. The Morgan fingerprint density at radius 1 is 1.10 bits per heavy atom. The lowest BCUT2D eigenvalue weighted by molar-refractivity contribution is 0.0964. The fraction of sp³-hybridized carbons (Fsp3) is 0.364. The average molecular weight is 425 g/mol. The molecular weight excluding hydrogens is 402 g/mol. The SMILES string of the molecule is COCCn1c(=O)[nH]c(=O)c2c3c(cnc21)C(=O)C[C@@H](c1ccc(OC)c(OC)c1)C3. The molecule has 4 rings (SSSR count). The third-order valence-electron chi connectivity index (χ3n) is 5.70. The van der Waals surface area contributed by atoms with Crippen molar-refractivity contribution in [1.82, 2.24) is 14.5 Å². The second-order valence-corrected chi connectivity index (χ2v) is 7.40. The number of Topliss-reactive ketones (excluding diaryl/α,β-unsaturated/α-hetero) is 1. The molecule has 0 bridgehead atoms. The van der Waals surface area contributed by atoms with E-state index in [1.165, 1.54) is 17.9 Å². The molecule has 0 amide bonds. The van der Waals surface area contributed by atoms with Crippen LogP contribution in [0, 0.1) is 0 Å². The number of hydrogen-bond donors (Lipinski definition) is 1. The summed E-state index contributed by atoms with van der Waals surface area (Å²) in [6, 6.07) is 5.55. The maximum absolute atomic E-state index is 12.9. The van der Waals surface area contributed by atoms with Crippen molar-refractivity contribution in [3.05, 3.63) is 61.9 Å². The molecule has 31 heavy (non-hydrogen) atoms. The number of pyridine rings is 1. The fourth-order valence-electron chi connectivity index (χ4n) is 4.14. The van der Waals surface area contributed by atoms with Crippen LogP contribution in [0.15, 0.2) is 34.0 Å². The lowest BCUT2D eigenvalue weighted by Crippen LogP contribution is -2.33. The number of ketones is 1. The van der Waals surface area contributed by atoms with Crippen LogP contribution < -0.4 is 20.7 Å². The van der Waals surface area contributed by atoms with E-state index < -0.39 is 11.2 Å². The van der Waals surface area contributed by atoms with Crippen LogP contribution in [-0.2, 0) is 17.7 Å². The summed E-state index contributed by atoms with van der Waals surface area (Å²) in [5.41, 5.74) is 1.09. The van der Waals surface area contributed by atoms with Gasteiger partial charge in [-0.3, -0.25) is 19.1 Å². The summed E-state index contributed by atoms with van der Waals surface area (Å²) >= 11 is 0. The molecular formula is C22H23N3O6. The lowest BCUT2D eigenvalue weighted by Gasteiger charge is -2.25. The van der Waals surface area contributed by atoms with Crippen LogP contribution in [-0.4, -0.2) is 48.3 Å². The number of hydrogen-bond acceptors (Lipinski definition) is 7. The van der Waals surface area contributed by atoms with Gasteiger partial charge in [-0.1, -0.05) is 6.07 Å². The van der Waals surface area contributed by atoms with Gasteiger partial charge in [0.2, 0.25) is 0 Å². The van der Waals surface area contributed by atoms with Crippen LogP contribution in [0.4, 0.5) is 0 Å². The zero-order valence-corrected chi connectivity index (χ0v) is 17.6.